The van der Waals surface area contributed by atoms with Gasteiger partial charge in [-0.05, 0) is 31.1 Å². The summed E-state index contributed by atoms with van der Waals surface area (Å²) in [6.07, 6.45) is 6.14. The van der Waals surface area contributed by atoms with Crippen molar-refractivity contribution in [2.75, 3.05) is 0 Å². The first-order valence-electron chi connectivity index (χ1n) is 6.37. The van der Waals surface area contributed by atoms with Crippen LogP contribution in [0, 0.1) is 23.2 Å². The molecule has 3 aliphatic rings. The Labute approximate surface area is 105 Å². The van der Waals surface area contributed by atoms with Gasteiger partial charge >= 0.3 is 11.9 Å². The van der Waals surface area contributed by atoms with E-state index >= 15 is 0 Å². The summed E-state index contributed by atoms with van der Waals surface area (Å²) in [6, 6.07) is 0. The smallest absolute Gasteiger partial charge is 0.331 e. The van der Waals surface area contributed by atoms with Crippen LogP contribution in [0.1, 0.15) is 26.2 Å². The molecule has 96 valence electrons. The highest BCUT2D eigenvalue weighted by molar-refractivity contribution is 5.92. The van der Waals surface area contributed by atoms with E-state index in [1.54, 1.807) is 0 Å². The van der Waals surface area contributed by atoms with Gasteiger partial charge in [0.15, 0.2) is 0 Å². The van der Waals surface area contributed by atoms with Crippen LogP contribution in [0.15, 0.2) is 23.3 Å². The third kappa shape index (κ3) is 1.21. The Morgan fingerprint density at radius 3 is 2.61 bits per heavy atom. The molecular weight excluding hydrogens is 232 g/mol. The van der Waals surface area contributed by atoms with Gasteiger partial charge in [-0.15, -0.1) is 0 Å². The summed E-state index contributed by atoms with van der Waals surface area (Å²) in [4.78, 5) is 22.5. The minimum Gasteiger partial charge on any atom is -0.478 e. The Balaban J connectivity index is 2.08. The summed E-state index contributed by atoms with van der Waals surface area (Å²) in [6.45, 7) is 2.12. The molecule has 2 N–H and O–H groups in total. The zero-order valence-corrected chi connectivity index (χ0v) is 10.2. The van der Waals surface area contributed by atoms with Crippen LogP contribution in [0.3, 0.4) is 0 Å². The van der Waals surface area contributed by atoms with E-state index in [0.29, 0.717) is 23.5 Å². The van der Waals surface area contributed by atoms with E-state index in [4.69, 9.17) is 5.11 Å². The van der Waals surface area contributed by atoms with Crippen LogP contribution in [-0.2, 0) is 9.59 Å². The van der Waals surface area contributed by atoms with Crippen LogP contribution < -0.4 is 0 Å². The Kier molecular flexibility index (Phi) is 2.22. The first-order valence-corrected chi connectivity index (χ1v) is 6.37. The molecular formula is C14H16O4. The number of rotatable bonds is 2. The quantitative estimate of drug-likeness (QED) is 0.784. The van der Waals surface area contributed by atoms with Crippen LogP contribution in [0.2, 0.25) is 0 Å². The number of hydrogen-bond acceptors (Lipinski definition) is 2. The molecule has 1 fully saturated rings. The van der Waals surface area contributed by atoms with Crippen molar-refractivity contribution in [3.8, 4) is 0 Å². The molecule has 0 aromatic heterocycles. The maximum absolute atomic E-state index is 11.3. The first kappa shape index (κ1) is 11.5. The van der Waals surface area contributed by atoms with Gasteiger partial charge in [0, 0.05) is 22.5 Å². The topological polar surface area (TPSA) is 74.6 Å². The second kappa shape index (κ2) is 3.46. The maximum atomic E-state index is 11.3. The van der Waals surface area contributed by atoms with Crippen molar-refractivity contribution in [1.29, 1.82) is 0 Å². The van der Waals surface area contributed by atoms with E-state index in [0.717, 1.165) is 12.8 Å². The lowest BCUT2D eigenvalue weighted by Crippen LogP contribution is -2.31. The highest BCUT2D eigenvalue weighted by atomic mass is 16.4. The highest BCUT2D eigenvalue weighted by Crippen LogP contribution is 2.65. The van der Waals surface area contributed by atoms with Crippen LogP contribution in [0.4, 0.5) is 0 Å². The Morgan fingerprint density at radius 2 is 2.00 bits per heavy atom. The molecule has 3 rings (SSSR count). The molecule has 0 aromatic rings. The molecule has 0 saturated heterocycles. The van der Waals surface area contributed by atoms with Crippen molar-refractivity contribution in [2.24, 2.45) is 23.2 Å². The number of carboxylic acid groups (broad SMARTS) is 2. The van der Waals surface area contributed by atoms with E-state index in [1.165, 1.54) is 0 Å². The van der Waals surface area contributed by atoms with Crippen LogP contribution in [0.25, 0.3) is 0 Å². The van der Waals surface area contributed by atoms with Crippen molar-refractivity contribution >= 4 is 11.9 Å². The molecule has 4 atom stereocenters. The van der Waals surface area contributed by atoms with Crippen molar-refractivity contribution in [3.05, 3.63) is 23.3 Å². The zero-order valence-electron chi connectivity index (χ0n) is 10.2. The van der Waals surface area contributed by atoms with Crippen LogP contribution in [-0.4, -0.2) is 22.2 Å². The Hall–Kier alpha value is -1.58. The fourth-order valence-corrected chi connectivity index (χ4v) is 4.31. The molecule has 1 saturated carbocycles. The lowest BCUT2D eigenvalue weighted by atomic mass is 9.69. The second-order valence-electron chi connectivity index (χ2n) is 5.74. The first-order chi connectivity index (χ1) is 8.46. The summed E-state index contributed by atoms with van der Waals surface area (Å²) in [7, 11) is 0. The summed E-state index contributed by atoms with van der Waals surface area (Å²) < 4.78 is 0. The molecule has 1 spiro atoms. The zero-order chi connectivity index (χ0) is 13.1. The Bertz CT molecular complexity index is 502. The molecule has 4 heteroatoms. The highest BCUT2D eigenvalue weighted by Gasteiger charge is 2.59. The summed E-state index contributed by atoms with van der Waals surface area (Å²) in [5.41, 5.74) is 0.589. The van der Waals surface area contributed by atoms with E-state index in [9.17, 15) is 14.7 Å². The Morgan fingerprint density at radius 1 is 1.28 bits per heavy atom. The predicted molar refractivity (Wildman–Crippen MR) is 63.9 cm³/mol. The fraction of sp³-hybridized carbons (Fsp3) is 0.571. The van der Waals surface area contributed by atoms with Crippen molar-refractivity contribution in [1.82, 2.24) is 0 Å². The molecule has 0 heterocycles. The summed E-state index contributed by atoms with van der Waals surface area (Å²) in [5, 5.41) is 18.4. The van der Waals surface area contributed by atoms with Crippen molar-refractivity contribution in [2.45, 2.75) is 26.2 Å². The molecule has 4 nitrogen and oxygen atoms in total. The average Bonchev–Trinajstić information content (AvgIpc) is 2.88. The molecule has 0 radical (unpaired) electrons. The number of carboxylic acids is 2. The van der Waals surface area contributed by atoms with Gasteiger partial charge in [0.2, 0.25) is 0 Å². The standard InChI is InChI=1S/C14H16O4/c1-7-2-3-9-5-10(13(17)18)11-4-8(12(15)16)6-14(7,9)11/h5-7,9,11H,2-4H2,1H3,(H,15,16)(H,17,18)/t7-,9-,11-,14-/m1/s1. The summed E-state index contributed by atoms with van der Waals surface area (Å²) >= 11 is 0. The number of hydrogen-bond donors (Lipinski definition) is 2. The van der Waals surface area contributed by atoms with Gasteiger partial charge in [-0.2, -0.15) is 0 Å². The van der Waals surface area contributed by atoms with E-state index in [2.05, 4.69) is 6.92 Å². The predicted octanol–water partition coefficient (Wildman–Crippen LogP) is 2.07. The second-order valence-corrected chi connectivity index (χ2v) is 5.74. The molecule has 3 aliphatic carbocycles. The van der Waals surface area contributed by atoms with E-state index in [-0.39, 0.29) is 17.3 Å². The third-order valence-corrected chi connectivity index (χ3v) is 5.14. The molecule has 0 bridgehead atoms. The monoisotopic (exact) mass is 248 g/mol. The minimum atomic E-state index is -0.902. The molecule has 0 unspecified atom stereocenters. The number of carbonyl (C=O) groups is 2. The number of aliphatic carboxylic acids is 2. The summed E-state index contributed by atoms with van der Waals surface area (Å²) in [5.74, 6) is -1.36. The van der Waals surface area contributed by atoms with E-state index < -0.39 is 11.9 Å². The van der Waals surface area contributed by atoms with Gasteiger partial charge in [-0.3, -0.25) is 0 Å². The van der Waals surface area contributed by atoms with Crippen molar-refractivity contribution < 1.29 is 19.8 Å². The lowest BCUT2D eigenvalue weighted by molar-refractivity contribution is -0.134. The molecule has 0 amide bonds. The van der Waals surface area contributed by atoms with Crippen LogP contribution in [0.5, 0.6) is 0 Å². The molecule has 0 aliphatic heterocycles. The largest absolute Gasteiger partial charge is 0.478 e. The lowest BCUT2D eigenvalue weighted by Gasteiger charge is -2.34. The SMILES string of the molecule is C[C@@H]1CC[C@@H]2C=C(C(=O)O)[C@H]3CC(C(=O)O)=C[C@]132. The van der Waals surface area contributed by atoms with Gasteiger partial charge in [-0.1, -0.05) is 19.1 Å². The van der Waals surface area contributed by atoms with Gasteiger partial charge in [0.25, 0.3) is 0 Å². The molecule has 0 aromatic carbocycles. The average molecular weight is 248 g/mol. The van der Waals surface area contributed by atoms with Crippen LogP contribution >= 0.6 is 0 Å². The van der Waals surface area contributed by atoms with E-state index in [1.807, 2.05) is 12.2 Å². The normalized spacial score (nSPS) is 41.1. The van der Waals surface area contributed by atoms with Gasteiger partial charge in [-0.25, -0.2) is 9.59 Å². The maximum Gasteiger partial charge on any atom is 0.331 e. The van der Waals surface area contributed by atoms with Crippen molar-refractivity contribution in [3.63, 3.8) is 0 Å². The van der Waals surface area contributed by atoms with Gasteiger partial charge < -0.3 is 10.2 Å². The fourth-order valence-electron chi connectivity index (χ4n) is 4.31. The van der Waals surface area contributed by atoms with Gasteiger partial charge in [0.05, 0.1) is 0 Å². The minimum absolute atomic E-state index is 0.136. The number of allylic oxidation sites excluding steroid dienone is 2. The molecule has 18 heavy (non-hydrogen) atoms. The third-order valence-electron chi connectivity index (χ3n) is 5.14. The van der Waals surface area contributed by atoms with Gasteiger partial charge in [0.1, 0.15) is 0 Å².